The van der Waals surface area contributed by atoms with Crippen molar-refractivity contribution in [3.8, 4) is 11.8 Å². The topological polar surface area (TPSA) is 45.0 Å². The molecule has 0 bridgehead atoms. The van der Waals surface area contributed by atoms with Crippen LogP contribution in [-0.2, 0) is 6.54 Å². The Bertz CT molecular complexity index is 629. The number of nitriles is 1. The van der Waals surface area contributed by atoms with Crippen LogP contribution in [0.4, 0.5) is 5.69 Å². The summed E-state index contributed by atoms with van der Waals surface area (Å²) in [6, 6.07) is 18.1. The summed E-state index contributed by atoms with van der Waals surface area (Å²) >= 11 is 0. The first-order valence-corrected chi connectivity index (χ1v) is 7.13. The molecule has 3 heteroatoms. The maximum Gasteiger partial charge on any atom is 0.174 e. The maximum absolute atomic E-state index is 8.63. The largest absolute Gasteiger partial charge is 0.478 e. The first-order valence-electron chi connectivity index (χ1n) is 7.13. The van der Waals surface area contributed by atoms with Crippen LogP contribution in [0.1, 0.15) is 30.9 Å². The monoisotopic (exact) mass is 280 g/mol. The lowest BCUT2D eigenvalue weighted by molar-refractivity contribution is 0.364. The number of nitrogens with zero attached hydrogens (tertiary/aromatic N) is 1. The molecule has 2 aromatic rings. The van der Waals surface area contributed by atoms with Crippen LogP contribution in [0.15, 0.2) is 48.5 Å². The van der Waals surface area contributed by atoms with E-state index in [4.69, 9.17) is 10.00 Å². The van der Waals surface area contributed by atoms with Gasteiger partial charge in [0, 0.05) is 17.8 Å². The van der Waals surface area contributed by atoms with Crippen molar-refractivity contribution in [3.63, 3.8) is 0 Å². The van der Waals surface area contributed by atoms with Gasteiger partial charge in [0.25, 0.3) is 0 Å². The number of ether oxygens (including phenoxy) is 1. The van der Waals surface area contributed by atoms with Crippen LogP contribution in [0.3, 0.4) is 0 Å². The van der Waals surface area contributed by atoms with Gasteiger partial charge in [-0.2, -0.15) is 5.26 Å². The molecule has 21 heavy (non-hydrogen) atoms. The van der Waals surface area contributed by atoms with Gasteiger partial charge in [-0.1, -0.05) is 50.2 Å². The number of hydrogen-bond acceptors (Lipinski definition) is 3. The second-order valence-electron chi connectivity index (χ2n) is 5.15. The second kappa shape index (κ2) is 7.35. The highest BCUT2D eigenvalue weighted by Gasteiger charge is 2.07. The SMILES string of the molecule is CC(C)c1ccccc1NCc1ccccc1OCC#N. The predicted octanol–water partition coefficient (Wildman–Crippen LogP) is 4.32. The van der Waals surface area contributed by atoms with Gasteiger partial charge < -0.3 is 10.1 Å². The van der Waals surface area contributed by atoms with Gasteiger partial charge in [0.15, 0.2) is 6.61 Å². The van der Waals surface area contributed by atoms with Gasteiger partial charge in [-0.3, -0.25) is 0 Å². The maximum atomic E-state index is 8.63. The fourth-order valence-corrected chi connectivity index (χ4v) is 2.25. The molecule has 0 aliphatic heterocycles. The molecule has 0 amide bonds. The van der Waals surface area contributed by atoms with Crippen molar-refractivity contribution >= 4 is 5.69 Å². The standard InChI is InChI=1S/C18H20N2O/c1-14(2)16-8-4-5-9-17(16)20-13-15-7-3-6-10-18(15)21-12-11-19/h3-10,14,20H,12-13H2,1-2H3. The summed E-state index contributed by atoms with van der Waals surface area (Å²) in [4.78, 5) is 0. The van der Waals surface area contributed by atoms with Crippen LogP contribution in [0.25, 0.3) is 0 Å². The van der Waals surface area contributed by atoms with Gasteiger partial charge >= 0.3 is 0 Å². The van der Waals surface area contributed by atoms with Crippen molar-refractivity contribution < 1.29 is 4.74 Å². The Morgan fingerprint density at radius 3 is 2.57 bits per heavy atom. The van der Waals surface area contributed by atoms with Gasteiger partial charge in [0.2, 0.25) is 0 Å². The molecule has 0 saturated heterocycles. The lowest BCUT2D eigenvalue weighted by Gasteiger charge is -2.16. The zero-order valence-electron chi connectivity index (χ0n) is 12.5. The second-order valence-corrected chi connectivity index (χ2v) is 5.15. The van der Waals surface area contributed by atoms with Crippen LogP contribution in [0, 0.1) is 11.3 Å². The smallest absolute Gasteiger partial charge is 0.174 e. The number of anilines is 1. The fraction of sp³-hybridized carbons (Fsp3) is 0.278. The van der Waals surface area contributed by atoms with Gasteiger partial charge in [0.05, 0.1) is 0 Å². The molecule has 0 atom stereocenters. The van der Waals surface area contributed by atoms with Crippen molar-refractivity contribution in [2.24, 2.45) is 0 Å². The fourth-order valence-electron chi connectivity index (χ4n) is 2.25. The van der Waals surface area contributed by atoms with Crippen LogP contribution in [0.2, 0.25) is 0 Å². The average Bonchev–Trinajstić information content (AvgIpc) is 2.52. The van der Waals surface area contributed by atoms with E-state index in [1.807, 2.05) is 36.4 Å². The number of nitrogens with one attached hydrogen (secondary N) is 1. The van der Waals surface area contributed by atoms with Gasteiger partial charge in [-0.05, 0) is 23.6 Å². The third-order valence-corrected chi connectivity index (χ3v) is 3.32. The van der Waals surface area contributed by atoms with E-state index in [2.05, 4.69) is 37.4 Å². The predicted molar refractivity (Wildman–Crippen MR) is 85.4 cm³/mol. The number of rotatable bonds is 6. The Morgan fingerprint density at radius 2 is 1.81 bits per heavy atom. The van der Waals surface area contributed by atoms with E-state index in [9.17, 15) is 0 Å². The number of para-hydroxylation sites is 2. The molecule has 1 N–H and O–H groups in total. The first-order chi connectivity index (χ1) is 10.2. The Kier molecular flexibility index (Phi) is 5.22. The summed E-state index contributed by atoms with van der Waals surface area (Å²) in [7, 11) is 0. The zero-order valence-corrected chi connectivity index (χ0v) is 12.5. The minimum atomic E-state index is 0.0690. The highest BCUT2D eigenvalue weighted by molar-refractivity contribution is 5.53. The molecule has 0 radical (unpaired) electrons. The van der Waals surface area contributed by atoms with Crippen LogP contribution in [-0.4, -0.2) is 6.61 Å². The summed E-state index contributed by atoms with van der Waals surface area (Å²) in [5.41, 5.74) is 3.49. The lowest BCUT2D eigenvalue weighted by atomic mass is 10.0. The highest BCUT2D eigenvalue weighted by atomic mass is 16.5. The summed E-state index contributed by atoms with van der Waals surface area (Å²) in [5, 5.41) is 12.1. The summed E-state index contributed by atoms with van der Waals surface area (Å²) in [5.74, 6) is 1.23. The molecule has 108 valence electrons. The summed E-state index contributed by atoms with van der Waals surface area (Å²) < 4.78 is 5.45. The summed E-state index contributed by atoms with van der Waals surface area (Å²) in [6.07, 6.45) is 0. The van der Waals surface area contributed by atoms with Crippen molar-refractivity contribution in [1.82, 2.24) is 0 Å². The number of hydrogen-bond donors (Lipinski definition) is 1. The van der Waals surface area contributed by atoms with E-state index in [1.54, 1.807) is 0 Å². The molecule has 0 aliphatic rings. The van der Waals surface area contributed by atoms with Crippen LogP contribution >= 0.6 is 0 Å². The van der Waals surface area contributed by atoms with Crippen molar-refractivity contribution in [2.75, 3.05) is 11.9 Å². The summed E-state index contributed by atoms with van der Waals surface area (Å²) in [6.45, 7) is 5.11. The van der Waals surface area contributed by atoms with Crippen molar-refractivity contribution in [1.29, 1.82) is 5.26 Å². The Morgan fingerprint density at radius 1 is 1.10 bits per heavy atom. The van der Waals surface area contributed by atoms with Crippen LogP contribution in [0.5, 0.6) is 5.75 Å². The number of benzene rings is 2. The lowest BCUT2D eigenvalue weighted by Crippen LogP contribution is -2.05. The van der Waals surface area contributed by atoms with E-state index in [0.717, 1.165) is 17.0 Å². The molecule has 0 aliphatic carbocycles. The zero-order chi connectivity index (χ0) is 15.1. The molecule has 0 heterocycles. The molecular weight excluding hydrogens is 260 g/mol. The average molecular weight is 280 g/mol. The molecule has 0 fully saturated rings. The van der Waals surface area contributed by atoms with Crippen molar-refractivity contribution in [2.45, 2.75) is 26.3 Å². The third-order valence-electron chi connectivity index (χ3n) is 3.32. The molecule has 3 nitrogen and oxygen atoms in total. The van der Waals surface area contributed by atoms with Gasteiger partial charge in [-0.15, -0.1) is 0 Å². The van der Waals surface area contributed by atoms with Crippen molar-refractivity contribution in [3.05, 3.63) is 59.7 Å². The molecule has 0 spiro atoms. The molecule has 2 rings (SSSR count). The third kappa shape index (κ3) is 4.00. The van der Waals surface area contributed by atoms with Gasteiger partial charge in [0.1, 0.15) is 11.8 Å². The molecule has 0 unspecified atom stereocenters. The molecule has 0 aromatic heterocycles. The van der Waals surface area contributed by atoms with Crippen LogP contribution < -0.4 is 10.1 Å². The molecule has 2 aromatic carbocycles. The van der Waals surface area contributed by atoms with E-state index >= 15 is 0 Å². The Labute approximate surface area is 126 Å². The van der Waals surface area contributed by atoms with Gasteiger partial charge in [-0.25, -0.2) is 0 Å². The van der Waals surface area contributed by atoms with E-state index < -0.39 is 0 Å². The minimum Gasteiger partial charge on any atom is -0.478 e. The van der Waals surface area contributed by atoms with E-state index in [1.165, 1.54) is 5.56 Å². The Hall–Kier alpha value is -2.47. The van der Waals surface area contributed by atoms with E-state index in [0.29, 0.717) is 12.5 Å². The highest BCUT2D eigenvalue weighted by Crippen LogP contribution is 2.25. The first kappa shape index (κ1) is 14.9. The molecule has 0 saturated carbocycles. The quantitative estimate of drug-likeness (QED) is 0.856. The Balaban J connectivity index is 2.12. The molecular formula is C18H20N2O. The van der Waals surface area contributed by atoms with E-state index in [-0.39, 0.29) is 6.61 Å². The normalized spacial score (nSPS) is 10.2. The minimum absolute atomic E-state index is 0.0690.